The fourth-order valence-corrected chi connectivity index (χ4v) is 5.93. The van der Waals surface area contributed by atoms with Crippen LogP contribution < -0.4 is 20.9 Å². The number of hydrogen-bond donors (Lipinski definition) is 4. The number of H-pyrrole nitrogens is 1. The summed E-state index contributed by atoms with van der Waals surface area (Å²) in [4.78, 5) is 35.8. The molecule has 40 heavy (non-hydrogen) atoms. The maximum Gasteiger partial charge on any atom is 0.259 e. The van der Waals surface area contributed by atoms with Crippen LogP contribution in [0.3, 0.4) is 0 Å². The number of carbonyl (C=O) groups excluding carboxylic acids is 1. The molecule has 1 saturated heterocycles. The molecule has 2 aromatic carbocycles. The van der Waals surface area contributed by atoms with Crippen molar-refractivity contribution < 1.29 is 14.6 Å². The standard InChI is InChI=1S/C31H35N5O4/c1-18-3-4-28(19(2)11-18)40-17-23(37)15-34-25-7-10-33-30(38)29(25)27-13-20-12-24-21(14-26(20)35-27)16-36(31(24)39)22-5-8-32-9-6-22/h3-4,7,10-12,14,22-23,32,37H,5-6,8-9,13,15-17H2,1-2H3,(H2,33,34,38)/t23-/m1/s1. The number of nitrogens with one attached hydrogen (secondary N) is 3. The summed E-state index contributed by atoms with van der Waals surface area (Å²) in [5, 5.41) is 17.2. The number of aryl methyl sites for hydroxylation is 2. The van der Waals surface area contributed by atoms with Crippen molar-refractivity contribution in [2.24, 2.45) is 4.99 Å². The Kier molecular flexibility index (Phi) is 7.16. The Bertz CT molecular complexity index is 1540. The summed E-state index contributed by atoms with van der Waals surface area (Å²) in [5.41, 5.74) is 7.12. The number of nitrogens with zero attached hydrogens (tertiary/aromatic N) is 2. The Balaban J connectivity index is 1.15. The number of amides is 1. The number of pyridine rings is 1. The Hall–Kier alpha value is -3.95. The first-order valence-corrected chi connectivity index (χ1v) is 14.0. The van der Waals surface area contributed by atoms with Crippen molar-refractivity contribution >= 4 is 23.0 Å². The Morgan fingerprint density at radius 2 is 1.95 bits per heavy atom. The lowest BCUT2D eigenvalue weighted by Crippen LogP contribution is -2.43. The number of carbonyl (C=O) groups is 1. The van der Waals surface area contributed by atoms with E-state index in [0.717, 1.165) is 65.2 Å². The van der Waals surface area contributed by atoms with Gasteiger partial charge in [0, 0.05) is 37.3 Å². The Morgan fingerprint density at radius 1 is 1.12 bits per heavy atom. The summed E-state index contributed by atoms with van der Waals surface area (Å²) in [6.07, 6.45) is 3.20. The number of aromatic nitrogens is 1. The van der Waals surface area contributed by atoms with Crippen LogP contribution in [0.5, 0.6) is 5.75 Å². The number of aliphatic imine (C=N–C) groups is 1. The zero-order chi connectivity index (χ0) is 27.8. The van der Waals surface area contributed by atoms with Gasteiger partial charge in [0.1, 0.15) is 18.5 Å². The summed E-state index contributed by atoms with van der Waals surface area (Å²) in [5.74, 6) is 0.832. The molecule has 3 aliphatic rings. The molecule has 6 rings (SSSR count). The van der Waals surface area contributed by atoms with Crippen molar-refractivity contribution in [3.05, 3.63) is 86.3 Å². The molecule has 0 radical (unpaired) electrons. The second-order valence-corrected chi connectivity index (χ2v) is 11.0. The third-order valence-electron chi connectivity index (χ3n) is 8.04. The molecule has 4 heterocycles. The molecule has 1 aromatic heterocycles. The number of aliphatic hydroxyl groups excluding tert-OH is 1. The van der Waals surface area contributed by atoms with Gasteiger partial charge < -0.3 is 30.4 Å². The van der Waals surface area contributed by atoms with Crippen molar-refractivity contribution in [3.8, 4) is 5.75 Å². The van der Waals surface area contributed by atoms with Crippen LogP contribution >= 0.6 is 0 Å². The third-order valence-corrected chi connectivity index (χ3v) is 8.04. The summed E-state index contributed by atoms with van der Waals surface area (Å²) >= 11 is 0. The van der Waals surface area contributed by atoms with Crippen molar-refractivity contribution in [1.82, 2.24) is 15.2 Å². The van der Waals surface area contributed by atoms with Gasteiger partial charge in [0.2, 0.25) is 0 Å². The maximum atomic E-state index is 13.3. The number of hydrogen-bond acceptors (Lipinski definition) is 7. The summed E-state index contributed by atoms with van der Waals surface area (Å²) in [7, 11) is 0. The summed E-state index contributed by atoms with van der Waals surface area (Å²) < 4.78 is 5.82. The fraction of sp³-hybridized carbons (Fsp3) is 0.387. The van der Waals surface area contributed by atoms with Gasteiger partial charge in [-0.05, 0) is 80.7 Å². The predicted molar refractivity (Wildman–Crippen MR) is 155 cm³/mol. The molecule has 9 heteroatoms. The number of aliphatic hydroxyl groups is 1. The molecule has 3 aliphatic heterocycles. The minimum atomic E-state index is -0.785. The SMILES string of the molecule is Cc1ccc(OC[C@H](O)CNc2cc[nH]c(=O)c2C2=Nc3cc4c(cc3C2)C(=O)N(C2CCNCC2)C4)c(C)c1. The van der Waals surface area contributed by atoms with Crippen LogP contribution in [0.15, 0.2) is 52.4 Å². The van der Waals surface area contributed by atoms with Crippen molar-refractivity contribution in [2.45, 2.75) is 51.8 Å². The van der Waals surface area contributed by atoms with Gasteiger partial charge >= 0.3 is 0 Å². The number of benzene rings is 2. The van der Waals surface area contributed by atoms with Crippen LogP contribution in [-0.4, -0.2) is 65.0 Å². The van der Waals surface area contributed by atoms with E-state index < -0.39 is 6.10 Å². The second-order valence-electron chi connectivity index (χ2n) is 11.0. The molecule has 1 fully saturated rings. The zero-order valence-corrected chi connectivity index (χ0v) is 22.9. The monoisotopic (exact) mass is 541 g/mol. The van der Waals surface area contributed by atoms with Gasteiger partial charge in [0.25, 0.3) is 11.5 Å². The maximum absolute atomic E-state index is 13.3. The van der Waals surface area contributed by atoms with Crippen LogP contribution in [0.25, 0.3) is 0 Å². The van der Waals surface area contributed by atoms with E-state index in [2.05, 4.69) is 15.6 Å². The number of rotatable bonds is 8. The number of fused-ring (bicyclic) bond motifs is 2. The topological polar surface area (TPSA) is 119 Å². The Morgan fingerprint density at radius 3 is 2.75 bits per heavy atom. The number of anilines is 1. The molecule has 0 spiro atoms. The molecule has 0 unspecified atom stereocenters. The molecule has 0 aliphatic carbocycles. The fourth-order valence-electron chi connectivity index (χ4n) is 5.93. The molecule has 0 bridgehead atoms. The van der Waals surface area contributed by atoms with Crippen LogP contribution in [0.4, 0.5) is 11.4 Å². The highest BCUT2D eigenvalue weighted by atomic mass is 16.5. The zero-order valence-electron chi connectivity index (χ0n) is 22.9. The minimum Gasteiger partial charge on any atom is -0.491 e. The molecule has 9 nitrogen and oxygen atoms in total. The smallest absolute Gasteiger partial charge is 0.259 e. The van der Waals surface area contributed by atoms with E-state index >= 15 is 0 Å². The third kappa shape index (κ3) is 5.14. The second kappa shape index (κ2) is 10.9. The summed E-state index contributed by atoms with van der Waals surface area (Å²) in [6.45, 7) is 6.81. The van der Waals surface area contributed by atoms with Gasteiger partial charge in [-0.3, -0.25) is 14.6 Å². The van der Waals surface area contributed by atoms with E-state index in [9.17, 15) is 14.7 Å². The van der Waals surface area contributed by atoms with Gasteiger partial charge in [-0.1, -0.05) is 17.7 Å². The molecular formula is C31H35N5O4. The average molecular weight is 542 g/mol. The van der Waals surface area contributed by atoms with E-state index in [1.807, 2.05) is 49.1 Å². The van der Waals surface area contributed by atoms with Gasteiger partial charge in [-0.25, -0.2) is 0 Å². The van der Waals surface area contributed by atoms with E-state index in [0.29, 0.717) is 29.9 Å². The number of aromatic amines is 1. The van der Waals surface area contributed by atoms with Crippen LogP contribution in [0, 0.1) is 13.8 Å². The van der Waals surface area contributed by atoms with Gasteiger partial charge in [-0.15, -0.1) is 0 Å². The lowest BCUT2D eigenvalue weighted by atomic mass is 10.00. The van der Waals surface area contributed by atoms with Crippen molar-refractivity contribution in [1.29, 1.82) is 0 Å². The Labute approximate surface area is 233 Å². The van der Waals surface area contributed by atoms with Crippen LogP contribution in [-0.2, 0) is 13.0 Å². The molecule has 1 atom stereocenters. The molecule has 0 saturated carbocycles. The minimum absolute atomic E-state index is 0.0927. The highest BCUT2D eigenvalue weighted by molar-refractivity contribution is 6.10. The van der Waals surface area contributed by atoms with E-state index in [1.54, 1.807) is 12.3 Å². The van der Waals surface area contributed by atoms with E-state index in [-0.39, 0.29) is 30.7 Å². The van der Waals surface area contributed by atoms with Crippen LogP contribution in [0.1, 0.15) is 51.0 Å². The van der Waals surface area contributed by atoms with Gasteiger partial charge in [0.05, 0.1) is 22.6 Å². The first-order valence-electron chi connectivity index (χ1n) is 14.0. The number of ether oxygens (including phenoxy) is 1. The molecule has 1 amide bonds. The van der Waals surface area contributed by atoms with E-state index in [4.69, 9.17) is 9.73 Å². The lowest BCUT2D eigenvalue weighted by molar-refractivity contribution is 0.0668. The lowest BCUT2D eigenvalue weighted by Gasteiger charge is -2.31. The quantitative estimate of drug-likeness (QED) is 0.348. The predicted octanol–water partition coefficient (Wildman–Crippen LogP) is 3.23. The van der Waals surface area contributed by atoms with Crippen molar-refractivity contribution in [2.75, 3.05) is 31.6 Å². The van der Waals surface area contributed by atoms with Gasteiger partial charge in [-0.2, -0.15) is 0 Å². The molecule has 4 N–H and O–H groups in total. The summed E-state index contributed by atoms with van der Waals surface area (Å²) in [6, 6.07) is 11.9. The highest BCUT2D eigenvalue weighted by Crippen LogP contribution is 2.37. The van der Waals surface area contributed by atoms with E-state index in [1.165, 1.54) is 0 Å². The van der Waals surface area contributed by atoms with Crippen LogP contribution in [0.2, 0.25) is 0 Å². The molecule has 208 valence electrons. The largest absolute Gasteiger partial charge is 0.491 e. The highest BCUT2D eigenvalue weighted by Gasteiger charge is 2.35. The first kappa shape index (κ1) is 26.3. The first-order chi connectivity index (χ1) is 19.4. The number of piperidine rings is 1. The normalized spacial score (nSPS) is 17.4. The average Bonchev–Trinajstić information content (AvgIpc) is 3.50. The molecule has 3 aromatic rings. The molecular weight excluding hydrogens is 506 g/mol. The van der Waals surface area contributed by atoms with Gasteiger partial charge in [0.15, 0.2) is 0 Å². The van der Waals surface area contributed by atoms with Crippen molar-refractivity contribution in [3.63, 3.8) is 0 Å².